The topological polar surface area (TPSA) is 35.5 Å². The molecule has 0 saturated carbocycles. The standard InChI is InChI=1S/C20H40O3/c1-5-8-10-11-13-15-19(14-12-9-6-2)23-17-16-18(4)20(21)22-7-3/h18-19H,5-17H2,1-4H3/t18-,19?/m1/s1. The minimum absolute atomic E-state index is 0.0594. The fraction of sp³-hybridized carbons (Fsp3) is 0.950. The van der Waals surface area contributed by atoms with Gasteiger partial charge in [0.15, 0.2) is 0 Å². The van der Waals surface area contributed by atoms with Gasteiger partial charge < -0.3 is 9.47 Å². The lowest BCUT2D eigenvalue weighted by Crippen LogP contribution is -2.19. The molecule has 0 radical (unpaired) electrons. The minimum atomic E-state index is -0.0989. The molecule has 138 valence electrons. The third-order valence-corrected chi connectivity index (χ3v) is 4.35. The molecule has 0 aromatic rings. The molecule has 0 aliphatic rings. The van der Waals surface area contributed by atoms with Gasteiger partial charge >= 0.3 is 5.97 Å². The van der Waals surface area contributed by atoms with Crippen molar-refractivity contribution in [3.8, 4) is 0 Å². The van der Waals surface area contributed by atoms with Gasteiger partial charge in [0.2, 0.25) is 0 Å². The Kier molecular flexibility index (Phi) is 15.9. The zero-order chi connectivity index (χ0) is 17.3. The van der Waals surface area contributed by atoms with Gasteiger partial charge in [0.25, 0.3) is 0 Å². The Labute approximate surface area is 144 Å². The number of carbonyl (C=O) groups is 1. The Morgan fingerprint density at radius 3 is 2.00 bits per heavy atom. The molecule has 1 unspecified atom stereocenters. The number of hydrogen-bond donors (Lipinski definition) is 0. The van der Waals surface area contributed by atoms with Crippen molar-refractivity contribution < 1.29 is 14.3 Å². The Bertz CT molecular complexity index is 266. The molecule has 0 heterocycles. The zero-order valence-corrected chi connectivity index (χ0v) is 16.1. The Morgan fingerprint density at radius 1 is 0.826 bits per heavy atom. The number of rotatable bonds is 16. The first-order valence-electron chi connectivity index (χ1n) is 9.93. The summed E-state index contributed by atoms with van der Waals surface area (Å²) in [6.07, 6.45) is 13.8. The van der Waals surface area contributed by atoms with E-state index in [1.807, 2.05) is 13.8 Å². The molecule has 0 saturated heterocycles. The first-order valence-corrected chi connectivity index (χ1v) is 9.93. The van der Waals surface area contributed by atoms with Crippen molar-refractivity contribution in [3.63, 3.8) is 0 Å². The molecule has 3 nitrogen and oxygen atoms in total. The van der Waals surface area contributed by atoms with Gasteiger partial charge in [0, 0.05) is 6.61 Å². The first-order chi connectivity index (χ1) is 11.2. The number of carbonyl (C=O) groups excluding carboxylic acids is 1. The van der Waals surface area contributed by atoms with Gasteiger partial charge in [-0.15, -0.1) is 0 Å². The molecule has 0 spiro atoms. The van der Waals surface area contributed by atoms with Crippen LogP contribution in [0.5, 0.6) is 0 Å². The van der Waals surface area contributed by atoms with E-state index in [9.17, 15) is 4.79 Å². The van der Waals surface area contributed by atoms with Crippen LogP contribution < -0.4 is 0 Å². The highest BCUT2D eigenvalue weighted by Gasteiger charge is 2.15. The third-order valence-electron chi connectivity index (χ3n) is 4.35. The van der Waals surface area contributed by atoms with Crippen molar-refractivity contribution in [2.45, 2.75) is 104 Å². The summed E-state index contributed by atoms with van der Waals surface area (Å²) in [6, 6.07) is 0. The summed E-state index contributed by atoms with van der Waals surface area (Å²) in [4.78, 5) is 11.6. The molecule has 0 aromatic heterocycles. The van der Waals surface area contributed by atoms with Crippen LogP contribution >= 0.6 is 0 Å². The lowest BCUT2D eigenvalue weighted by atomic mass is 10.0. The van der Waals surface area contributed by atoms with Crippen molar-refractivity contribution in [2.24, 2.45) is 5.92 Å². The molecule has 2 atom stereocenters. The van der Waals surface area contributed by atoms with Gasteiger partial charge in [0.05, 0.1) is 18.6 Å². The van der Waals surface area contributed by atoms with Gasteiger partial charge in [-0.3, -0.25) is 4.79 Å². The lowest BCUT2D eigenvalue weighted by molar-refractivity contribution is -0.148. The highest BCUT2D eigenvalue weighted by atomic mass is 16.5. The Morgan fingerprint density at radius 2 is 1.39 bits per heavy atom. The van der Waals surface area contributed by atoms with Crippen LogP contribution in [0, 0.1) is 5.92 Å². The predicted molar refractivity (Wildman–Crippen MR) is 97.7 cm³/mol. The average Bonchev–Trinajstić information content (AvgIpc) is 2.54. The molecular weight excluding hydrogens is 288 g/mol. The second-order valence-corrected chi connectivity index (χ2v) is 6.63. The lowest BCUT2D eigenvalue weighted by Gasteiger charge is -2.19. The monoisotopic (exact) mass is 328 g/mol. The number of unbranched alkanes of at least 4 members (excludes halogenated alkanes) is 6. The molecule has 3 heteroatoms. The van der Waals surface area contributed by atoms with Crippen molar-refractivity contribution >= 4 is 5.97 Å². The van der Waals surface area contributed by atoms with Crippen molar-refractivity contribution in [3.05, 3.63) is 0 Å². The third kappa shape index (κ3) is 13.6. The molecule has 0 aliphatic carbocycles. The van der Waals surface area contributed by atoms with Crippen LogP contribution in [0.3, 0.4) is 0 Å². The van der Waals surface area contributed by atoms with Crippen LogP contribution in [0.15, 0.2) is 0 Å². The molecule has 0 fully saturated rings. The fourth-order valence-electron chi connectivity index (χ4n) is 2.72. The molecule has 0 amide bonds. The normalized spacial score (nSPS) is 13.7. The van der Waals surface area contributed by atoms with Crippen LogP contribution in [-0.2, 0) is 14.3 Å². The molecule has 0 N–H and O–H groups in total. The van der Waals surface area contributed by atoms with E-state index in [0.717, 1.165) is 12.8 Å². The van der Waals surface area contributed by atoms with E-state index in [4.69, 9.17) is 9.47 Å². The van der Waals surface area contributed by atoms with Gasteiger partial charge in [0.1, 0.15) is 0 Å². The molecule has 0 aromatic carbocycles. The summed E-state index contributed by atoms with van der Waals surface area (Å²) in [5, 5.41) is 0. The van der Waals surface area contributed by atoms with Gasteiger partial charge in [-0.05, 0) is 26.2 Å². The summed E-state index contributed by atoms with van der Waals surface area (Å²) in [6.45, 7) is 9.40. The van der Waals surface area contributed by atoms with E-state index >= 15 is 0 Å². The number of ether oxygens (including phenoxy) is 2. The maximum Gasteiger partial charge on any atom is 0.308 e. The van der Waals surface area contributed by atoms with Crippen molar-refractivity contribution in [1.82, 2.24) is 0 Å². The minimum Gasteiger partial charge on any atom is -0.466 e. The van der Waals surface area contributed by atoms with Crippen LogP contribution in [0.25, 0.3) is 0 Å². The molecular formula is C20H40O3. The summed E-state index contributed by atoms with van der Waals surface area (Å²) >= 11 is 0. The average molecular weight is 329 g/mol. The maximum atomic E-state index is 11.6. The second-order valence-electron chi connectivity index (χ2n) is 6.63. The molecule has 0 aliphatic heterocycles. The smallest absolute Gasteiger partial charge is 0.308 e. The quantitative estimate of drug-likeness (QED) is 0.261. The van der Waals surface area contributed by atoms with Gasteiger partial charge in [-0.2, -0.15) is 0 Å². The van der Waals surface area contributed by atoms with Gasteiger partial charge in [-0.1, -0.05) is 72.1 Å². The van der Waals surface area contributed by atoms with E-state index in [1.165, 1.54) is 57.8 Å². The first kappa shape index (κ1) is 22.4. The molecule has 23 heavy (non-hydrogen) atoms. The zero-order valence-electron chi connectivity index (χ0n) is 16.1. The van der Waals surface area contributed by atoms with Crippen LogP contribution in [0.2, 0.25) is 0 Å². The predicted octanol–water partition coefficient (Wildman–Crippen LogP) is 5.90. The number of esters is 1. The Balaban J connectivity index is 3.96. The molecule has 0 bridgehead atoms. The van der Waals surface area contributed by atoms with Gasteiger partial charge in [-0.25, -0.2) is 0 Å². The number of hydrogen-bond acceptors (Lipinski definition) is 3. The van der Waals surface area contributed by atoms with Crippen LogP contribution in [0.4, 0.5) is 0 Å². The Hall–Kier alpha value is -0.570. The largest absolute Gasteiger partial charge is 0.466 e. The van der Waals surface area contributed by atoms with E-state index in [1.54, 1.807) is 0 Å². The summed E-state index contributed by atoms with van der Waals surface area (Å²) in [5.41, 5.74) is 0. The van der Waals surface area contributed by atoms with Crippen molar-refractivity contribution in [1.29, 1.82) is 0 Å². The summed E-state index contributed by atoms with van der Waals surface area (Å²) in [5.74, 6) is -0.158. The van der Waals surface area contributed by atoms with E-state index < -0.39 is 0 Å². The summed E-state index contributed by atoms with van der Waals surface area (Å²) < 4.78 is 11.1. The van der Waals surface area contributed by atoms with Crippen molar-refractivity contribution in [2.75, 3.05) is 13.2 Å². The van der Waals surface area contributed by atoms with E-state index in [-0.39, 0.29) is 11.9 Å². The van der Waals surface area contributed by atoms with E-state index in [2.05, 4.69) is 13.8 Å². The fourth-order valence-corrected chi connectivity index (χ4v) is 2.72. The van der Waals surface area contributed by atoms with Crippen LogP contribution in [-0.4, -0.2) is 25.3 Å². The highest BCUT2D eigenvalue weighted by molar-refractivity contribution is 5.71. The maximum absolute atomic E-state index is 11.6. The highest BCUT2D eigenvalue weighted by Crippen LogP contribution is 2.16. The SMILES string of the molecule is CCCCCCCC(CCCCC)OCC[C@@H](C)C(=O)OCC. The second kappa shape index (κ2) is 16.3. The molecule has 0 rings (SSSR count). The van der Waals surface area contributed by atoms with E-state index in [0.29, 0.717) is 19.3 Å². The van der Waals surface area contributed by atoms with Crippen LogP contribution in [0.1, 0.15) is 98.3 Å². The summed E-state index contributed by atoms with van der Waals surface area (Å²) in [7, 11) is 0.